The van der Waals surface area contributed by atoms with Gasteiger partial charge in [0, 0.05) is 18.7 Å². The molecule has 5 heteroatoms. The van der Waals surface area contributed by atoms with Crippen LogP contribution in [0.4, 0.5) is 0 Å². The fourth-order valence-electron chi connectivity index (χ4n) is 2.60. The molecule has 0 saturated heterocycles. The number of rotatable bonds is 6. The van der Waals surface area contributed by atoms with E-state index >= 15 is 0 Å². The summed E-state index contributed by atoms with van der Waals surface area (Å²) in [5.41, 5.74) is 1.51. The van der Waals surface area contributed by atoms with Crippen molar-refractivity contribution in [3.8, 4) is 0 Å². The summed E-state index contributed by atoms with van der Waals surface area (Å²) in [5, 5.41) is 17.0. The van der Waals surface area contributed by atoms with E-state index in [1.807, 2.05) is 51.1 Å². The van der Waals surface area contributed by atoms with Crippen LogP contribution in [0, 0.1) is 0 Å². The molecule has 0 aliphatic rings. The molecule has 5 nitrogen and oxygen atoms in total. The molecule has 130 valence electrons. The van der Waals surface area contributed by atoms with E-state index in [1.165, 1.54) is 0 Å². The number of aliphatic hydroxyl groups excluding tert-OH is 1. The highest BCUT2D eigenvalue weighted by Crippen LogP contribution is 2.21. The van der Waals surface area contributed by atoms with Crippen LogP contribution < -0.4 is 5.32 Å². The van der Waals surface area contributed by atoms with Crippen molar-refractivity contribution in [2.45, 2.75) is 51.7 Å². The average Bonchev–Trinajstić information content (AvgIpc) is 3.02. The van der Waals surface area contributed by atoms with Crippen LogP contribution in [0.2, 0.25) is 0 Å². The van der Waals surface area contributed by atoms with Gasteiger partial charge in [-0.3, -0.25) is 9.48 Å². The van der Waals surface area contributed by atoms with E-state index in [0.29, 0.717) is 18.5 Å². The minimum atomic E-state index is -0.421. The Bertz CT molecular complexity index is 657. The van der Waals surface area contributed by atoms with E-state index in [1.54, 1.807) is 24.0 Å². The molecule has 0 bridgehead atoms. The molecule has 0 aliphatic carbocycles. The molecule has 2 aromatic rings. The topological polar surface area (TPSA) is 67.2 Å². The van der Waals surface area contributed by atoms with E-state index in [0.717, 1.165) is 5.56 Å². The van der Waals surface area contributed by atoms with Gasteiger partial charge in [-0.05, 0) is 39.7 Å². The smallest absolute Gasteiger partial charge is 0.254 e. The van der Waals surface area contributed by atoms with Crippen molar-refractivity contribution >= 4 is 5.91 Å². The van der Waals surface area contributed by atoms with Gasteiger partial charge in [-0.25, -0.2) is 0 Å². The van der Waals surface area contributed by atoms with Crippen LogP contribution in [0.5, 0.6) is 0 Å². The van der Waals surface area contributed by atoms with Gasteiger partial charge in [-0.2, -0.15) is 5.10 Å². The van der Waals surface area contributed by atoms with Crippen molar-refractivity contribution in [3.63, 3.8) is 0 Å². The summed E-state index contributed by atoms with van der Waals surface area (Å²) in [6, 6.07) is 9.95. The number of hydrogen-bond acceptors (Lipinski definition) is 3. The molecule has 0 fully saturated rings. The van der Waals surface area contributed by atoms with Crippen LogP contribution in [-0.4, -0.2) is 33.4 Å². The second kappa shape index (κ2) is 7.62. The number of hydrogen-bond donors (Lipinski definition) is 2. The normalized spacial score (nSPS) is 14.2. The number of nitrogens with zero attached hydrogens (tertiary/aromatic N) is 2. The Balaban J connectivity index is 2.03. The van der Waals surface area contributed by atoms with E-state index in [2.05, 4.69) is 10.4 Å². The molecule has 24 heavy (non-hydrogen) atoms. The first-order valence-electron chi connectivity index (χ1n) is 8.33. The third-order valence-corrected chi connectivity index (χ3v) is 3.94. The van der Waals surface area contributed by atoms with Gasteiger partial charge < -0.3 is 10.4 Å². The molecule has 1 heterocycles. The lowest BCUT2D eigenvalue weighted by atomic mass is 9.93. The number of carbonyl (C=O) groups is 1. The molecule has 1 amide bonds. The zero-order valence-electron chi connectivity index (χ0n) is 14.9. The summed E-state index contributed by atoms with van der Waals surface area (Å²) in [5.74, 6) is -0.0650. The SMILES string of the molecule is CC(O)CC(CNC(=O)c1cnn(C(C)(C)C)c1)c1ccccc1. The Morgan fingerprint density at radius 1 is 1.29 bits per heavy atom. The van der Waals surface area contributed by atoms with Crippen LogP contribution in [0.25, 0.3) is 0 Å². The highest BCUT2D eigenvalue weighted by atomic mass is 16.3. The molecular formula is C19H27N3O2. The maximum atomic E-state index is 12.4. The standard InChI is InChI=1S/C19H27N3O2/c1-14(23)10-16(15-8-6-5-7-9-15)11-20-18(24)17-12-21-22(13-17)19(2,3)4/h5-9,12-14,16,23H,10-11H2,1-4H3,(H,20,24). The number of aliphatic hydroxyl groups is 1. The van der Waals surface area contributed by atoms with Crippen LogP contribution in [0.3, 0.4) is 0 Å². The molecule has 2 atom stereocenters. The lowest BCUT2D eigenvalue weighted by Crippen LogP contribution is -2.29. The fraction of sp³-hybridized carbons (Fsp3) is 0.474. The van der Waals surface area contributed by atoms with E-state index in [4.69, 9.17) is 0 Å². The molecule has 1 aromatic heterocycles. The molecule has 2 rings (SSSR count). The third kappa shape index (κ3) is 4.93. The Kier molecular flexibility index (Phi) is 5.78. The minimum absolute atomic E-state index is 0.0767. The summed E-state index contributed by atoms with van der Waals surface area (Å²) < 4.78 is 1.78. The maximum Gasteiger partial charge on any atom is 0.254 e. The predicted octanol–water partition coefficient (Wildman–Crippen LogP) is 2.92. The second-order valence-electron chi connectivity index (χ2n) is 7.25. The van der Waals surface area contributed by atoms with Gasteiger partial charge in [-0.15, -0.1) is 0 Å². The van der Waals surface area contributed by atoms with Crippen molar-refractivity contribution in [2.75, 3.05) is 6.54 Å². The summed E-state index contributed by atoms with van der Waals surface area (Å²) >= 11 is 0. The Hall–Kier alpha value is -2.14. The van der Waals surface area contributed by atoms with Crippen LogP contribution >= 0.6 is 0 Å². The summed E-state index contributed by atoms with van der Waals surface area (Å²) in [6.07, 6.45) is 3.54. The number of benzene rings is 1. The quantitative estimate of drug-likeness (QED) is 0.856. The second-order valence-corrected chi connectivity index (χ2v) is 7.25. The first kappa shape index (κ1) is 18.2. The monoisotopic (exact) mass is 329 g/mol. The number of carbonyl (C=O) groups excluding carboxylic acids is 1. The van der Waals surface area contributed by atoms with Crippen LogP contribution in [0.15, 0.2) is 42.7 Å². The predicted molar refractivity (Wildman–Crippen MR) is 95.0 cm³/mol. The van der Waals surface area contributed by atoms with Gasteiger partial charge >= 0.3 is 0 Å². The Morgan fingerprint density at radius 3 is 2.50 bits per heavy atom. The Morgan fingerprint density at radius 2 is 1.96 bits per heavy atom. The first-order chi connectivity index (χ1) is 11.3. The van der Waals surface area contributed by atoms with Crippen molar-refractivity contribution in [3.05, 3.63) is 53.9 Å². The van der Waals surface area contributed by atoms with Gasteiger partial charge in [0.05, 0.1) is 23.4 Å². The molecule has 0 aliphatic heterocycles. The number of nitrogens with one attached hydrogen (secondary N) is 1. The van der Waals surface area contributed by atoms with E-state index < -0.39 is 6.10 Å². The summed E-state index contributed by atoms with van der Waals surface area (Å²) in [4.78, 5) is 12.4. The lowest BCUT2D eigenvalue weighted by Gasteiger charge is -2.20. The Labute approximate surface area is 143 Å². The minimum Gasteiger partial charge on any atom is -0.393 e. The first-order valence-corrected chi connectivity index (χ1v) is 8.33. The molecule has 2 unspecified atom stereocenters. The highest BCUT2D eigenvalue weighted by Gasteiger charge is 2.19. The fourth-order valence-corrected chi connectivity index (χ4v) is 2.60. The maximum absolute atomic E-state index is 12.4. The molecule has 1 aromatic carbocycles. The van der Waals surface area contributed by atoms with Crippen molar-refractivity contribution in [1.82, 2.24) is 15.1 Å². The molecular weight excluding hydrogens is 302 g/mol. The van der Waals surface area contributed by atoms with Gasteiger partial charge in [0.25, 0.3) is 5.91 Å². The highest BCUT2D eigenvalue weighted by molar-refractivity contribution is 5.93. The van der Waals surface area contributed by atoms with Gasteiger partial charge in [0.15, 0.2) is 0 Å². The van der Waals surface area contributed by atoms with Crippen molar-refractivity contribution in [1.29, 1.82) is 0 Å². The van der Waals surface area contributed by atoms with E-state index in [-0.39, 0.29) is 17.4 Å². The summed E-state index contributed by atoms with van der Waals surface area (Å²) in [7, 11) is 0. The van der Waals surface area contributed by atoms with Gasteiger partial charge in [0.2, 0.25) is 0 Å². The van der Waals surface area contributed by atoms with Gasteiger partial charge in [-0.1, -0.05) is 30.3 Å². The largest absolute Gasteiger partial charge is 0.393 e. The zero-order chi connectivity index (χ0) is 17.7. The molecule has 0 spiro atoms. The van der Waals surface area contributed by atoms with Gasteiger partial charge in [0.1, 0.15) is 0 Å². The third-order valence-electron chi connectivity index (χ3n) is 3.94. The summed E-state index contributed by atoms with van der Waals surface area (Å²) in [6.45, 7) is 8.36. The zero-order valence-corrected chi connectivity index (χ0v) is 14.9. The van der Waals surface area contributed by atoms with E-state index in [9.17, 15) is 9.90 Å². The van der Waals surface area contributed by atoms with Crippen molar-refractivity contribution in [2.24, 2.45) is 0 Å². The molecule has 2 N–H and O–H groups in total. The van der Waals surface area contributed by atoms with Crippen molar-refractivity contribution < 1.29 is 9.90 Å². The van der Waals surface area contributed by atoms with Crippen LogP contribution in [-0.2, 0) is 5.54 Å². The average molecular weight is 329 g/mol. The molecule has 0 radical (unpaired) electrons. The number of amides is 1. The molecule has 0 saturated carbocycles. The lowest BCUT2D eigenvalue weighted by molar-refractivity contribution is 0.0945. The number of aromatic nitrogens is 2. The van der Waals surface area contributed by atoms with Crippen LogP contribution in [0.1, 0.15) is 56.0 Å².